The van der Waals surface area contributed by atoms with Crippen molar-refractivity contribution in [3.63, 3.8) is 0 Å². The number of aromatic nitrogens is 1. The van der Waals surface area contributed by atoms with Gasteiger partial charge < -0.3 is 0 Å². The zero-order chi connectivity index (χ0) is 14.4. The molecule has 1 aliphatic heterocycles. The Balaban J connectivity index is 1.71. The SMILES string of the molecule is Cc1ccc([C@H]2C[C@@H]2c2c3cccccc-3nc2Cl)cc1. The zero-order valence-electron chi connectivity index (χ0n) is 11.9. The molecule has 1 nitrogen and oxygen atoms in total. The van der Waals surface area contributed by atoms with Crippen LogP contribution in [0.15, 0.2) is 54.6 Å². The Labute approximate surface area is 130 Å². The first-order valence-electron chi connectivity index (χ1n) is 7.35. The van der Waals surface area contributed by atoms with Gasteiger partial charge in [-0.05, 0) is 36.8 Å². The Morgan fingerprint density at radius 1 is 0.952 bits per heavy atom. The van der Waals surface area contributed by atoms with Crippen LogP contribution in [0.4, 0.5) is 0 Å². The van der Waals surface area contributed by atoms with Gasteiger partial charge in [0, 0.05) is 11.1 Å². The molecule has 1 fully saturated rings. The van der Waals surface area contributed by atoms with Gasteiger partial charge in [0.25, 0.3) is 0 Å². The fourth-order valence-corrected chi connectivity index (χ4v) is 3.52. The minimum Gasteiger partial charge on any atom is -0.236 e. The molecule has 104 valence electrons. The Hall–Kier alpha value is -1.86. The Morgan fingerprint density at radius 3 is 2.52 bits per heavy atom. The summed E-state index contributed by atoms with van der Waals surface area (Å²) in [6.07, 6.45) is 1.17. The Kier molecular flexibility index (Phi) is 2.97. The van der Waals surface area contributed by atoms with Gasteiger partial charge in [-0.15, -0.1) is 0 Å². The predicted molar refractivity (Wildman–Crippen MR) is 87.1 cm³/mol. The summed E-state index contributed by atoms with van der Waals surface area (Å²) in [4.78, 5) is 4.52. The maximum atomic E-state index is 6.41. The van der Waals surface area contributed by atoms with Gasteiger partial charge in [0.2, 0.25) is 0 Å². The highest BCUT2D eigenvalue weighted by Crippen LogP contribution is 2.58. The third kappa shape index (κ3) is 2.22. The van der Waals surface area contributed by atoms with Crippen molar-refractivity contribution in [2.75, 3.05) is 0 Å². The van der Waals surface area contributed by atoms with Gasteiger partial charge >= 0.3 is 0 Å². The average molecular weight is 294 g/mol. The van der Waals surface area contributed by atoms with Crippen molar-refractivity contribution in [2.45, 2.75) is 25.2 Å². The average Bonchev–Trinajstić information content (AvgIpc) is 3.23. The first kappa shape index (κ1) is 12.8. The Morgan fingerprint density at radius 2 is 1.71 bits per heavy atom. The number of aryl methyl sites for hydroxylation is 1. The lowest BCUT2D eigenvalue weighted by Crippen LogP contribution is -1.85. The van der Waals surface area contributed by atoms with Gasteiger partial charge in [-0.25, -0.2) is 4.98 Å². The largest absolute Gasteiger partial charge is 0.236 e. The van der Waals surface area contributed by atoms with Crippen LogP contribution < -0.4 is 0 Å². The predicted octanol–water partition coefficient (Wildman–Crippen LogP) is 5.42. The number of benzene rings is 1. The van der Waals surface area contributed by atoms with E-state index in [9.17, 15) is 0 Å². The molecule has 2 atom stereocenters. The topological polar surface area (TPSA) is 12.9 Å². The first-order chi connectivity index (χ1) is 10.2. The van der Waals surface area contributed by atoms with Crippen LogP contribution in [0.25, 0.3) is 11.3 Å². The zero-order valence-corrected chi connectivity index (χ0v) is 12.6. The smallest absolute Gasteiger partial charge is 0.133 e. The first-order valence-corrected chi connectivity index (χ1v) is 7.72. The van der Waals surface area contributed by atoms with Gasteiger partial charge in [-0.3, -0.25) is 0 Å². The van der Waals surface area contributed by atoms with Crippen LogP contribution in [-0.4, -0.2) is 4.98 Å². The van der Waals surface area contributed by atoms with Crippen molar-refractivity contribution in [1.29, 1.82) is 0 Å². The number of rotatable bonds is 2. The molecule has 0 radical (unpaired) electrons. The van der Waals surface area contributed by atoms with Crippen LogP contribution in [0.3, 0.4) is 0 Å². The number of nitrogens with zero attached hydrogens (tertiary/aromatic N) is 1. The molecule has 1 aromatic rings. The third-order valence-electron chi connectivity index (χ3n) is 4.41. The molecule has 0 N–H and O–H groups in total. The van der Waals surface area contributed by atoms with Gasteiger partial charge in [-0.2, -0.15) is 0 Å². The second-order valence-electron chi connectivity index (χ2n) is 5.89. The third-order valence-corrected chi connectivity index (χ3v) is 4.70. The van der Waals surface area contributed by atoms with Gasteiger partial charge in [0.1, 0.15) is 5.15 Å². The molecule has 0 saturated heterocycles. The van der Waals surface area contributed by atoms with Crippen molar-refractivity contribution in [2.24, 2.45) is 0 Å². The lowest BCUT2D eigenvalue weighted by Gasteiger charge is -2.02. The molecule has 0 spiro atoms. The fraction of sp³-hybridized carbons (Fsp3) is 0.211. The summed E-state index contributed by atoms with van der Waals surface area (Å²) in [6.45, 7) is 2.12. The summed E-state index contributed by atoms with van der Waals surface area (Å²) >= 11 is 6.41. The second-order valence-corrected chi connectivity index (χ2v) is 6.24. The second kappa shape index (κ2) is 4.85. The Bertz CT molecular complexity index is 763. The molecule has 3 aliphatic rings. The van der Waals surface area contributed by atoms with E-state index in [2.05, 4.69) is 48.3 Å². The molecule has 4 rings (SSSR count). The maximum absolute atomic E-state index is 6.41. The number of halogens is 1. The minimum atomic E-state index is 0.507. The van der Waals surface area contributed by atoms with Crippen LogP contribution in [0.2, 0.25) is 5.15 Å². The minimum absolute atomic E-state index is 0.507. The van der Waals surface area contributed by atoms with Crippen molar-refractivity contribution in [3.05, 3.63) is 76.4 Å². The molecule has 1 aromatic carbocycles. The standard InChI is InChI=1S/C19H16ClN/c1-12-7-9-13(10-8-12)15-11-16(15)18-14-5-3-2-4-6-17(14)21-19(18)20/h2-10,15-16H,11H2,1H3/t15-,16+/m1/s1. The van der Waals surface area contributed by atoms with Crippen molar-refractivity contribution < 1.29 is 0 Å². The molecule has 21 heavy (non-hydrogen) atoms. The van der Waals surface area contributed by atoms with E-state index < -0.39 is 0 Å². The number of fused-ring (bicyclic) bond motifs is 1. The summed E-state index contributed by atoms with van der Waals surface area (Å²) in [5, 5.41) is 0.677. The highest BCUT2D eigenvalue weighted by Gasteiger charge is 2.43. The van der Waals surface area contributed by atoms with E-state index in [1.807, 2.05) is 18.2 Å². The number of hydrogen-bond donors (Lipinski definition) is 0. The van der Waals surface area contributed by atoms with Crippen molar-refractivity contribution >= 4 is 11.6 Å². The highest BCUT2D eigenvalue weighted by molar-refractivity contribution is 6.31. The van der Waals surface area contributed by atoms with Gasteiger partial charge in [-0.1, -0.05) is 65.7 Å². The number of hydrogen-bond acceptors (Lipinski definition) is 1. The van der Waals surface area contributed by atoms with Gasteiger partial charge in [0.15, 0.2) is 0 Å². The van der Waals surface area contributed by atoms with Gasteiger partial charge in [0.05, 0.1) is 5.69 Å². The fourth-order valence-electron chi connectivity index (χ4n) is 3.19. The van der Waals surface area contributed by atoms with Crippen LogP contribution in [-0.2, 0) is 0 Å². The van der Waals surface area contributed by atoms with E-state index in [1.54, 1.807) is 0 Å². The summed E-state index contributed by atoms with van der Waals surface area (Å²) < 4.78 is 0. The van der Waals surface area contributed by atoms with Crippen molar-refractivity contribution in [1.82, 2.24) is 4.98 Å². The molecular formula is C19H16ClN. The van der Waals surface area contributed by atoms with Crippen molar-refractivity contribution in [3.8, 4) is 11.3 Å². The molecule has 0 amide bonds. The molecule has 1 saturated carbocycles. The lowest BCUT2D eigenvalue weighted by molar-refractivity contribution is 1.03. The quantitative estimate of drug-likeness (QED) is 0.615. The van der Waals surface area contributed by atoms with Crippen LogP contribution in [0, 0.1) is 6.92 Å². The van der Waals surface area contributed by atoms with E-state index in [4.69, 9.17) is 11.6 Å². The van der Waals surface area contributed by atoms with Crippen LogP contribution in [0.1, 0.15) is 34.9 Å². The molecule has 0 aromatic heterocycles. The maximum Gasteiger partial charge on any atom is 0.133 e. The molecule has 2 aliphatic carbocycles. The molecule has 0 unspecified atom stereocenters. The summed E-state index contributed by atoms with van der Waals surface area (Å²) in [6, 6.07) is 19.1. The highest BCUT2D eigenvalue weighted by atomic mass is 35.5. The van der Waals surface area contributed by atoms with E-state index in [0.717, 1.165) is 5.69 Å². The van der Waals surface area contributed by atoms with E-state index in [-0.39, 0.29) is 0 Å². The monoisotopic (exact) mass is 293 g/mol. The summed E-state index contributed by atoms with van der Waals surface area (Å²) in [5.74, 6) is 1.09. The lowest BCUT2D eigenvalue weighted by atomic mass is 10.0. The normalized spacial score (nSPS) is 20.7. The summed E-state index contributed by atoms with van der Waals surface area (Å²) in [7, 11) is 0. The van der Waals surface area contributed by atoms with E-state index >= 15 is 0 Å². The van der Waals surface area contributed by atoms with Crippen LogP contribution >= 0.6 is 11.6 Å². The van der Waals surface area contributed by atoms with Crippen LogP contribution in [0.5, 0.6) is 0 Å². The van der Waals surface area contributed by atoms with E-state index in [0.29, 0.717) is 17.0 Å². The van der Waals surface area contributed by atoms with E-state index in [1.165, 1.54) is 28.7 Å². The molecule has 2 heteroatoms. The summed E-state index contributed by atoms with van der Waals surface area (Å²) in [5.41, 5.74) is 6.14. The molecule has 1 heterocycles. The molecule has 0 bridgehead atoms. The molecular weight excluding hydrogens is 278 g/mol.